The van der Waals surface area contributed by atoms with Crippen LogP contribution in [0.2, 0.25) is 4.44 Å². The van der Waals surface area contributed by atoms with Crippen LogP contribution in [0, 0.1) is 17.8 Å². The Labute approximate surface area is 327 Å². The molecular weight excluding hydrogens is 787 g/mol. The minimum atomic E-state index is -0.931. The number of esters is 1. The summed E-state index contributed by atoms with van der Waals surface area (Å²) in [5.74, 6) is 4.80. The molecule has 0 amide bonds. The average Bonchev–Trinajstić information content (AvgIpc) is 3.08. The van der Waals surface area contributed by atoms with E-state index in [0.29, 0.717) is 23.7 Å². The van der Waals surface area contributed by atoms with Crippen molar-refractivity contribution in [1.29, 1.82) is 0 Å². The Kier molecular flexibility index (Phi) is 51.8. The van der Waals surface area contributed by atoms with Crippen LogP contribution in [0.3, 0.4) is 0 Å². The molecule has 0 bridgehead atoms. The van der Waals surface area contributed by atoms with Crippen molar-refractivity contribution in [2.75, 3.05) is 41.6 Å². The van der Waals surface area contributed by atoms with Crippen molar-refractivity contribution in [3.63, 3.8) is 0 Å². The molecule has 0 N–H and O–H groups in total. The van der Waals surface area contributed by atoms with Gasteiger partial charge >= 0.3 is 56.0 Å². The van der Waals surface area contributed by atoms with Crippen molar-refractivity contribution >= 4 is 81.7 Å². The molecule has 49 heavy (non-hydrogen) atoms. The van der Waals surface area contributed by atoms with Crippen molar-refractivity contribution in [1.82, 2.24) is 0 Å². The van der Waals surface area contributed by atoms with Gasteiger partial charge in [-0.3, -0.25) is 0 Å². The first-order valence-electron chi connectivity index (χ1n) is 18.5. The number of unbranched alkanes of at least 4 members (excludes halogenated alkanes) is 3. The van der Waals surface area contributed by atoms with E-state index in [1.807, 2.05) is 0 Å². The molecule has 288 valence electrons. The predicted molar refractivity (Wildman–Crippen MR) is 208 cm³/mol. The topological polar surface area (TPSA) is 147 Å². The number of thioether (sulfide) groups is 3. The first-order chi connectivity index (χ1) is 23.4. The number of hydrogen-bond acceptors (Lipinski definition) is 11. The molecule has 0 saturated heterocycles. The zero-order valence-electron chi connectivity index (χ0n) is 32.0. The maximum absolute atomic E-state index is 10.2. The van der Waals surface area contributed by atoms with Gasteiger partial charge in [0.05, 0.1) is 0 Å². The van der Waals surface area contributed by atoms with Gasteiger partial charge in [-0.05, 0) is 90.8 Å². The van der Waals surface area contributed by atoms with Gasteiger partial charge in [-0.25, -0.2) is 0 Å². The molecule has 0 aliphatic carbocycles. The number of carbonyl (C=O) groups is 4. The third-order valence-electron chi connectivity index (χ3n) is 7.60. The van der Waals surface area contributed by atoms with Gasteiger partial charge in [-0.2, -0.15) is 35.3 Å². The van der Waals surface area contributed by atoms with Gasteiger partial charge in [0, 0.05) is 17.9 Å². The quantitative estimate of drug-likeness (QED) is 0.0470. The second kappa shape index (κ2) is 45.7. The molecule has 12 heteroatoms. The molecule has 0 aromatic carbocycles. The van der Waals surface area contributed by atoms with E-state index in [1.165, 1.54) is 107 Å². The van der Waals surface area contributed by atoms with Crippen LogP contribution in [0.4, 0.5) is 0 Å². The van der Waals surface area contributed by atoms with Crippen molar-refractivity contribution in [2.45, 2.75) is 149 Å². The summed E-state index contributed by atoms with van der Waals surface area (Å²) in [6.07, 6.45) is 16.2. The number of rotatable bonds is 29. The number of methoxy groups -OCH3 is 1. The van der Waals surface area contributed by atoms with Crippen LogP contribution in [0.5, 0.6) is 0 Å². The van der Waals surface area contributed by atoms with E-state index in [1.54, 1.807) is 35.3 Å². The van der Waals surface area contributed by atoms with Gasteiger partial charge in [-0.15, -0.1) is 0 Å². The van der Waals surface area contributed by atoms with Crippen molar-refractivity contribution in [2.24, 2.45) is 17.8 Å². The van der Waals surface area contributed by atoms with Crippen LogP contribution in [0.15, 0.2) is 0 Å². The van der Waals surface area contributed by atoms with Crippen molar-refractivity contribution in [3.8, 4) is 0 Å². The minimum absolute atomic E-state index is 0.100. The van der Waals surface area contributed by atoms with Crippen LogP contribution in [0.25, 0.3) is 0 Å². The molecule has 0 aliphatic heterocycles. The van der Waals surface area contributed by atoms with Crippen molar-refractivity contribution in [3.05, 3.63) is 0 Å². The Balaban J connectivity index is -0.000000283. The fourth-order valence-electron chi connectivity index (χ4n) is 4.11. The molecule has 0 aromatic heterocycles. The number of aliphatic carboxylic acids is 3. The Morgan fingerprint density at radius 2 is 0.837 bits per heavy atom. The Morgan fingerprint density at radius 3 is 1.00 bits per heavy atom. The first kappa shape index (κ1) is 55.5. The van der Waals surface area contributed by atoms with E-state index in [0.717, 1.165) is 39.4 Å². The summed E-state index contributed by atoms with van der Waals surface area (Å²) in [4.78, 5) is 40.7. The van der Waals surface area contributed by atoms with Gasteiger partial charge in [0.2, 0.25) is 0 Å². The van der Waals surface area contributed by atoms with E-state index >= 15 is 0 Å². The molecule has 0 spiro atoms. The molecular formula is C37H70O8S3Sn. The Hall–Kier alpha value is -0.271. The van der Waals surface area contributed by atoms with Crippen LogP contribution in [-0.2, 0) is 23.9 Å². The molecule has 0 aromatic rings. The molecule has 0 saturated carbocycles. The predicted octanol–water partition coefficient (Wildman–Crippen LogP) is 6.36. The summed E-state index contributed by atoms with van der Waals surface area (Å²) in [6, 6.07) is 0. The number of hydrogen-bond donors (Lipinski definition) is 0. The van der Waals surface area contributed by atoms with Crippen LogP contribution in [-0.4, -0.2) is 88.0 Å². The zero-order valence-corrected chi connectivity index (χ0v) is 37.3. The van der Waals surface area contributed by atoms with E-state index < -0.39 is 17.9 Å². The molecule has 0 rings (SSSR count). The zero-order chi connectivity index (χ0) is 38.1. The molecule has 0 heterocycles. The summed E-state index contributed by atoms with van der Waals surface area (Å²) in [5, 5.41) is 30.5. The fourth-order valence-corrected chi connectivity index (χ4v) is 8.34. The summed E-state index contributed by atoms with van der Waals surface area (Å²) in [7, 11) is 1.41. The van der Waals surface area contributed by atoms with Crippen LogP contribution in [0.1, 0.15) is 144 Å². The van der Waals surface area contributed by atoms with E-state index in [4.69, 9.17) is 0 Å². The molecule has 3 atom stereocenters. The number of carboxylic acid groups (broad SMARTS) is 3. The molecule has 8 nitrogen and oxygen atoms in total. The molecule has 0 radical (unpaired) electrons. The van der Waals surface area contributed by atoms with Gasteiger partial charge in [0.15, 0.2) is 0 Å². The average molecular weight is 858 g/mol. The van der Waals surface area contributed by atoms with Gasteiger partial charge in [0.25, 0.3) is 0 Å². The first-order valence-corrected chi connectivity index (χ1v) is 23.9. The monoisotopic (exact) mass is 858 g/mol. The number of carboxylic acids is 3. The second-order valence-electron chi connectivity index (χ2n) is 11.9. The molecule has 3 unspecified atom stereocenters. The third kappa shape index (κ3) is 52.2. The Morgan fingerprint density at radius 1 is 0.551 bits per heavy atom. The standard InChI is InChI=1S/3C11H22O2S.C4H7O2.Sn/c3*1-3-5-6-10(4-2)9-14-8-7-11(12)13;1-3-4(5)6-2;/h3*10H,3-9H2,1-2H3,(H,12,13);1,3H2,2H3;/q;;;;+3/p-3. The van der Waals surface area contributed by atoms with E-state index in [9.17, 15) is 34.5 Å². The van der Waals surface area contributed by atoms with E-state index in [2.05, 4.69) is 46.3 Å². The summed E-state index contributed by atoms with van der Waals surface area (Å²) in [5.41, 5.74) is 0. The van der Waals surface area contributed by atoms with Gasteiger partial charge in [0.1, 0.15) is 0 Å². The second-order valence-corrected chi connectivity index (χ2v) is 16.8. The van der Waals surface area contributed by atoms with E-state index in [-0.39, 0.29) is 25.2 Å². The maximum atomic E-state index is 10.2. The Bertz CT molecular complexity index is 666. The summed E-state index contributed by atoms with van der Waals surface area (Å²) < 4.78 is 5.32. The summed E-state index contributed by atoms with van der Waals surface area (Å²) >= 11 is 6.62. The van der Waals surface area contributed by atoms with Crippen molar-refractivity contribution < 1.29 is 39.2 Å². The number of carbonyl (C=O) groups excluding carboxylic acids is 4. The number of ether oxygens (including phenoxy) is 1. The van der Waals surface area contributed by atoms with Crippen LogP contribution < -0.4 is 15.3 Å². The fraction of sp³-hybridized carbons (Fsp3) is 0.892. The SMILES string of the molecule is CCCCC(CC)CSCCC(=O)[O-].CCCCC(CC)CSCCC(=O)[O-].CCCCC(CC)CSCCC(=O)[O-].COC(=O)C[CH2][Sn+3]. The van der Waals surface area contributed by atoms with Gasteiger partial charge in [-0.1, -0.05) is 99.3 Å². The molecule has 0 aliphatic rings. The third-order valence-corrected chi connectivity index (χ3v) is 11.9. The normalized spacial score (nSPS) is 12.1. The van der Waals surface area contributed by atoms with Gasteiger partial charge < -0.3 is 29.7 Å². The summed E-state index contributed by atoms with van der Waals surface area (Å²) in [6.45, 7) is 13.2. The van der Waals surface area contributed by atoms with Crippen LogP contribution >= 0.6 is 35.3 Å². The molecule has 0 fully saturated rings.